The third-order valence-corrected chi connectivity index (χ3v) is 7.42. The van der Waals surface area contributed by atoms with Crippen molar-refractivity contribution in [2.75, 3.05) is 11.1 Å². The Hall–Kier alpha value is -4.28. The third-order valence-electron chi connectivity index (χ3n) is 7.42. The fraction of sp³-hybridized carbons (Fsp3) is 0.345. The number of fused-ring (bicyclic) bond motifs is 1. The van der Waals surface area contributed by atoms with E-state index >= 15 is 0 Å². The number of aromatic nitrogens is 4. The van der Waals surface area contributed by atoms with Gasteiger partial charge in [-0.2, -0.15) is 13.2 Å². The van der Waals surface area contributed by atoms with Crippen LogP contribution in [-0.2, 0) is 11.0 Å². The standard InChI is InChI=1S/C29H29F3N6O2/c1-2-22(39)15-17-4-3-5-20(14-17)27-37-24(25-26(33)35-12-13-38(25)27)18-6-8-19(9-7-18)28(40)36-23-16-21(10-11-34-23)29(30,31)32/h6-13,16-17,20H,2-5,14-15H2,1H3,(H2,33,35)(H,34,36,40)/t17-,20-/m1/s1. The SMILES string of the molecule is CCC(=O)C[C@@H]1CCC[C@@H](c2nc(-c3ccc(C(=O)Nc4cc(C(F)(F)F)ccn4)cc3)c3c(N)nccn23)C1. The number of nitrogens with zero attached hydrogens (tertiary/aromatic N) is 4. The van der Waals surface area contributed by atoms with E-state index < -0.39 is 17.6 Å². The first-order chi connectivity index (χ1) is 19.1. The summed E-state index contributed by atoms with van der Waals surface area (Å²) in [6, 6.07) is 8.21. The number of nitrogens with two attached hydrogens (primary N) is 1. The number of nitrogens with one attached hydrogen (secondary N) is 1. The van der Waals surface area contributed by atoms with Crippen molar-refractivity contribution >= 4 is 28.8 Å². The van der Waals surface area contributed by atoms with Gasteiger partial charge in [0.15, 0.2) is 0 Å². The zero-order chi connectivity index (χ0) is 28.4. The van der Waals surface area contributed by atoms with Crippen LogP contribution in [-0.4, -0.2) is 31.0 Å². The number of imidazole rings is 1. The summed E-state index contributed by atoms with van der Waals surface area (Å²) in [5, 5.41) is 2.41. The second-order valence-corrected chi connectivity index (χ2v) is 10.1. The van der Waals surface area contributed by atoms with Gasteiger partial charge in [-0.1, -0.05) is 25.5 Å². The van der Waals surface area contributed by atoms with Gasteiger partial charge in [0.05, 0.1) is 5.56 Å². The van der Waals surface area contributed by atoms with Crippen molar-refractivity contribution in [3.8, 4) is 11.3 Å². The van der Waals surface area contributed by atoms with E-state index in [-0.39, 0.29) is 23.1 Å². The quantitative estimate of drug-likeness (QED) is 0.280. The molecule has 2 atom stereocenters. The molecule has 0 spiro atoms. The van der Waals surface area contributed by atoms with E-state index in [0.29, 0.717) is 41.4 Å². The highest BCUT2D eigenvalue weighted by molar-refractivity contribution is 6.04. The molecule has 208 valence electrons. The summed E-state index contributed by atoms with van der Waals surface area (Å²) < 4.78 is 41.0. The normalized spacial score (nSPS) is 17.6. The van der Waals surface area contributed by atoms with Gasteiger partial charge in [-0.15, -0.1) is 0 Å². The zero-order valence-corrected chi connectivity index (χ0v) is 21.9. The average molecular weight is 551 g/mol. The van der Waals surface area contributed by atoms with Crippen LogP contribution < -0.4 is 11.1 Å². The van der Waals surface area contributed by atoms with Gasteiger partial charge in [0, 0.05) is 48.5 Å². The largest absolute Gasteiger partial charge is 0.416 e. The van der Waals surface area contributed by atoms with Gasteiger partial charge >= 0.3 is 6.18 Å². The summed E-state index contributed by atoms with van der Waals surface area (Å²) in [6.07, 6.45) is 4.93. The van der Waals surface area contributed by atoms with Crippen molar-refractivity contribution in [1.29, 1.82) is 0 Å². The molecule has 0 unspecified atom stereocenters. The van der Waals surface area contributed by atoms with Crippen LogP contribution in [0.5, 0.6) is 0 Å². The van der Waals surface area contributed by atoms with E-state index in [1.165, 1.54) is 0 Å². The monoisotopic (exact) mass is 550 g/mol. The minimum Gasteiger partial charge on any atom is -0.382 e. The number of carbonyl (C=O) groups is 2. The number of carbonyl (C=O) groups excluding carboxylic acids is 2. The summed E-state index contributed by atoms with van der Waals surface area (Å²) in [7, 11) is 0. The van der Waals surface area contributed by atoms with Gasteiger partial charge in [-0.3, -0.25) is 14.0 Å². The van der Waals surface area contributed by atoms with Crippen LogP contribution in [0.2, 0.25) is 0 Å². The number of amides is 1. The number of Topliss-reactive ketones (excluding diaryl/α,β-unsaturated/α-hetero) is 1. The van der Waals surface area contributed by atoms with Crippen molar-refractivity contribution in [3.63, 3.8) is 0 Å². The molecule has 0 saturated heterocycles. The molecule has 3 heterocycles. The number of halogens is 3. The van der Waals surface area contributed by atoms with Crippen molar-refractivity contribution in [2.45, 2.75) is 57.5 Å². The van der Waals surface area contributed by atoms with Crippen LogP contribution in [0.1, 0.15) is 73.1 Å². The van der Waals surface area contributed by atoms with E-state index in [2.05, 4.69) is 15.3 Å². The van der Waals surface area contributed by atoms with E-state index in [4.69, 9.17) is 10.7 Å². The van der Waals surface area contributed by atoms with Gasteiger partial charge in [0.2, 0.25) is 0 Å². The molecule has 0 bridgehead atoms. The Morgan fingerprint density at radius 3 is 2.60 bits per heavy atom. The summed E-state index contributed by atoms with van der Waals surface area (Å²) in [5.74, 6) is 1.17. The lowest BCUT2D eigenvalue weighted by Crippen LogP contribution is -2.19. The lowest BCUT2D eigenvalue weighted by molar-refractivity contribution is -0.137. The maximum absolute atomic E-state index is 13.0. The average Bonchev–Trinajstić information content (AvgIpc) is 3.34. The summed E-state index contributed by atoms with van der Waals surface area (Å²) in [5.41, 5.74) is 7.63. The smallest absolute Gasteiger partial charge is 0.382 e. The first-order valence-electron chi connectivity index (χ1n) is 13.2. The number of ketones is 1. The highest BCUT2D eigenvalue weighted by Crippen LogP contribution is 2.40. The van der Waals surface area contributed by atoms with Crippen molar-refractivity contribution in [1.82, 2.24) is 19.4 Å². The number of hydrogen-bond donors (Lipinski definition) is 2. The molecule has 1 fully saturated rings. The molecule has 5 rings (SSSR count). The summed E-state index contributed by atoms with van der Waals surface area (Å²) in [6.45, 7) is 1.89. The Labute approximate surface area is 228 Å². The predicted molar refractivity (Wildman–Crippen MR) is 145 cm³/mol. The topological polar surface area (TPSA) is 115 Å². The lowest BCUT2D eigenvalue weighted by Gasteiger charge is -2.28. The number of alkyl halides is 3. The summed E-state index contributed by atoms with van der Waals surface area (Å²) in [4.78, 5) is 37.9. The molecule has 1 amide bonds. The fourth-order valence-electron chi connectivity index (χ4n) is 5.40. The number of benzene rings is 1. The number of hydrogen-bond acceptors (Lipinski definition) is 6. The minimum absolute atomic E-state index is 0.163. The predicted octanol–water partition coefficient (Wildman–Crippen LogP) is 6.29. The van der Waals surface area contributed by atoms with E-state index in [0.717, 1.165) is 49.8 Å². The Bertz CT molecular complexity index is 1550. The molecular weight excluding hydrogens is 521 g/mol. The minimum atomic E-state index is -4.54. The van der Waals surface area contributed by atoms with Gasteiger partial charge in [0.1, 0.15) is 34.5 Å². The number of rotatable bonds is 7. The molecule has 3 aromatic heterocycles. The second-order valence-electron chi connectivity index (χ2n) is 10.1. The van der Waals surface area contributed by atoms with Crippen LogP contribution in [0.4, 0.5) is 24.8 Å². The van der Waals surface area contributed by atoms with Crippen LogP contribution in [0.3, 0.4) is 0 Å². The molecule has 3 N–H and O–H groups in total. The van der Waals surface area contributed by atoms with Crippen LogP contribution in [0.25, 0.3) is 16.8 Å². The Morgan fingerprint density at radius 1 is 1.10 bits per heavy atom. The van der Waals surface area contributed by atoms with Gasteiger partial charge < -0.3 is 11.1 Å². The first kappa shape index (κ1) is 27.3. The van der Waals surface area contributed by atoms with E-state index in [9.17, 15) is 22.8 Å². The maximum atomic E-state index is 13.0. The van der Waals surface area contributed by atoms with Crippen LogP contribution in [0.15, 0.2) is 55.0 Å². The zero-order valence-electron chi connectivity index (χ0n) is 21.9. The highest BCUT2D eigenvalue weighted by Gasteiger charge is 2.31. The lowest BCUT2D eigenvalue weighted by atomic mass is 9.78. The molecular formula is C29H29F3N6O2. The highest BCUT2D eigenvalue weighted by atomic mass is 19.4. The van der Waals surface area contributed by atoms with Crippen molar-refractivity contribution < 1.29 is 22.8 Å². The van der Waals surface area contributed by atoms with Gasteiger partial charge in [-0.05, 0) is 49.4 Å². The molecule has 4 aromatic rings. The van der Waals surface area contributed by atoms with E-state index in [1.807, 2.05) is 17.5 Å². The molecule has 40 heavy (non-hydrogen) atoms. The fourth-order valence-corrected chi connectivity index (χ4v) is 5.40. The van der Waals surface area contributed by atoms with Crippen LogP contribution in [0, 0.1) is 5.92 Å². The molecule has 0 aliphatic heterocycles. The maximum Gasteiger partial charge on any atom is 0.416 e. The number of pyridine rings is 1. The molecule has 1 aromatic carbocycles. The molecule has 11 heteroatoms. The first-order valence-corrected chi connectivity index (χ1v) is 13.2. The molecule has 0 radical (unpaired) electrons. The third kappa shape index (κ3) is 5.68. The second kappa shape index (κ2) is 11.1. The van der Waals surface area contributed by atoms with Crippen molar-refractivity contribution in [3.05, 3.63) is 71.9 Å². The molecule has 1 saturated carbocycles. The number of nitrogen functional groups attached to an aromatic ring is 1. The van der Waals surface area contributed by atoms with E-state index in [1.54, 1.807) is 30.5 Å². The Morgan fingerprint density at radius 2 is 1.88 bits per heavy atom. The van der Waals surface area contributed by atoms with Gasteiger partial charge in [-0.25, -0.2) is 15.0 Å². The van der Waals surface area contributed by atoms with Gasteiger partial charge in [0.25, 0.3) is 5.91 Å². The number of anilines is 2. The van der Waals surface area contributed by atoms with Crippen molar-refractivity contribution in [2.24, 2.45) is 5.92 Å². The molecule has 8 nitrogen and oxygen atoms in total. The molecule has 1 aliphatic carbocycles. The van der Waals surface area contributed by atoms with Crippen LogP contribution >= 0.6 is 0 Å². The Kier molecular flexibility index (Phi) is 7.55. The molecule has 1 aliphatic rings. The Balaban J connectivity index is 1.41. The summed E-state index contributed by atoms with van der Waals surface area (Å²) >= 11 is 0.